The summed E-state index contributed by atoms with van der Waals surface area (Å²) < 4.78 is 1.55. The standard InChI is InChI=1S/C17H16ClN5O/c1-10-5-3-4-6-14(10)23-15(19)13(9-21-23)17(24)22-16-11(2)7-12(18)8-20-16/h3-9H,19H2,1-2H3,(H,20,22,24). The summed E-state index contributed by atoms with van der Waals surface area (Å²) in [5.41, 5.74) is 9.01. The molecule has 0 aliphatic rings. The van der Waals surface area contributed by atoms with E-state index in [0.29, 0.717) is 10.8 Å². The molecule has 0 atom stereocenters. The number of para-hydroxylation sites is 1. The normalized spacial score (nSPS) is 10.6. The van der Waals surface area contributed by atoms with E-state index >= 15 is 0 Å². The van der Waals surface area contributed by atoms with Crippen molar-refractivity contribution in [2.24, 2.45) is 0 Å². The highest BCUT2D eigenvalue weighted by Gasteiger charge is 2.18. The van der Waals surface area contributed by atoms with Crippen molar-refractivity contribution < 1.29 is 4.79 Å². The lowest BCUT2D eigenvalue weighted by atomic mass is 10.2. The zero-order valence-corrected chi connectivity index (χ0v) is 14.0. The summed E-state index contributed by atoms with van der Waals surface area (Å²) >= 11 is 5.87. The lowest BCUT2D eigenvalue weighted by Gasteiger charge is -2.09. The van der Waals surface area contributed by atoms with Gasteiger partial charge in [0.2, 0.25) is 0 Å². The van der Waals surface area contributed by atoms with Crippen LogP contribution in [0.4, 0.5) is 11.6 Å². The van der Waals surface area contributed by atoms with Gasteiger partial charge in [-0.2, -0.15) is 5.10 Å². The average molecular weight is 342 g/mol. The smallest absolute Gasteiger partial charge is 0.262 e. The van der Waals surface area contributed by atoms with Gasteiger partial charge in [0.15, 0.2) is 0 Å². The number of amides is 1. The Hall–Kier alpha value is -2.86. The van der Waals surface area contributed by atoms with Crippen LogP contribution in [0.1, 0.15) is 21.5 Å². The molecule has 6 nitrogen and oxygen atoms in total. The lowest BCUT2D eigenvalue weighted by Crippen LogP contribution is -2.15. The summed E-state index contributed by atoms with van der Waals surface area (Å²) in [6.07, 6.45) is 2.92. The quantitative estimate of drug-likeness (QED) is 0.764. The van der Waals surface area contributed by atoms with Crippen molar-refractivity contribution >= 4 is 29.1 Å². The molecule has 3 N–H and O–H groups in total. The molecule has 0 radical (unpaired) electrons. The van der Waals surface area contributed by atoms with Gasteiger partial charge in [0.05, 0.1) is 16.9 Å². The Balaban J connectivity index is 1.91. The third-order valence-corrected chi connectivity index (χ3v) is 3.88. The van der Waals surface area contributed by atoms with E-state index in [1.165, 1.54) is 12.4 Å². The first-order valence-corrected chi connectivity index (χ1v) is 7.68. The summed E-state index contributed by atoms with van der Waals surface area (Å²) in [6.45, 7) is 3.77. The predicted octanol–water partition coefficient (Wildman–Crippen LogP) is 3.37. The van der Waals surface area contributed by atoms with Crippen molar-refractivity contribution in [2.45, 2.75) is 13.8 Å². The number of nitrogens with two attached hydrogens (primary N) is 1. The average Bonchev–Trinajstić information content (AvgIpc) is 2.92. The second-order valence-corrected chi connectivity index (χ2v) is 5.85. The van der Waals surface area contributed by atoms with Gasteiger partial charge in [-0.15, -0.1) is 0 Å². The van der Waals surface area contributed by atoms with Crippen molar-refractivity contribution in [3.8, 4) is 5.69 Å². The molecule has 3 aromatic rings. The number of aryl methyl sites for hydroxylation is 2. The van der Waals surface area contributed by atoms with E-state index in [2.05, 4.69) is 15.4 Å². The number of nitrogens with zero attached hydrogens (tertiary/aromatic N) is 3. The van der Waals surface area contributed by atoms with Gasteiger partial charge in [-0.25, -0.2) is 9.67 Å². The second kappa shape index (κ2) is 6.33. The summed E-state index contributed by atoms with van der Waals surface area (Å²) in [5.74, 6) is 0.339. The number of pyridine rings is 1. The molecule has 0 fully saturated rings. The fraction of sp³-hybridized carbons (Fsp3) is 0.118. The zero-order chi connectivity index (χ0) is 17.3. The van der Waals surface area contributed by atoms with Crippen LogP contribution < -0.4 is 11.1 Å². The number of nitrogens with one attached hydrogen (secondary N) is 1. The van der Waals surface area contributed by atoms with Gasteiger partial charge in [0.1, 0.15) is 17.2 Å². The van der Waals surface area contributed by atoms with Crippen molar-refractivity contribution in [2.75, 3.05) is 11.1 Å². The highest BCUT2D eigenvalue weighted by Crippen LogP contribution is 2.22. The van der Waals surface area contributed by atoms with Crippen molar-refractivity contribution in [3.63, 3.8) is 0 Å². The van der Waals surface area contributed by atoms with Crippen LogP contribution in [0.5, 0.6) is 0 Å². The van der Waals surface area contributed by atoms with E-state index in [-0.39, 0.29) is 17.3 Å². The fourth-order valence-corrected chi connectivity index (χ4v) is 2.58. The summed E-state index contributed by atoms with van der Waals surface area (Å²) in [6, 6.07) is 9.40. The molecular weight excluding hydrogens is 326 g/mol. The third-order valence-electron chi connectivity index (χ3n) is 3.67. The summed E-state index contributed by atoms with van der Waals surface area (Å²) in [5, 5.41) is 7.48. The van der Waals surface area contributed by atoms with Gasteiger partial charge in [-0.05, 0) is 37.1 Å². The molecule has 7 heteroatoms. The number of benzene rings is 1. The minimum atomic E-state index is -0.370. The van der Waals surface area contributed by atoms with Gasteiger partial charge < -0.3 is 11.1 Å². The molecule has 122 valence electrons. The SMILES string of the molecule is Cc1ccccc1-n1ncc(C(=O)Nc2ncc(Cl)cc2C)c1N. The van der Waals surface area contributed by atoms with Crippen LogP contribution in [0.2, 0.25) is 5.02 Å². The number of hydrogen-bond donors (Lipinski definition) is 2. The molecule has 0 spiro atoms. The molecule has 0 unspecified atom stereocenters. The Labute approximate surface area is 144 Å². The fourth-order valence-electron chi connectivity index (χ4n) is 2.37. The van der Waals surface area contributed by atoms with Gasteiger partial charge >= 0.3 is 0 Å². The van der Waals surface area contributed by atoms with Crippen LogP contribution in [0.15, 0.2) is 42.7 Å². The van der Waals surface area contributed by atoms with Crippen LogP contribution in [-0.2, 0) is 0 Å². The minimum absolute atomic E-state index is 0.272. The van der Waals surface area contributed by atoms with E-state index in [0.717, 1.165) is 16.8 Å². The number of rotatable bonds is 3. The molecule has 24 heavy (non-hydrogen) atoms. The Bertz CT molecular complexity index is 919. The maximum Gasteiger partial charge on any atom is 0.262 e. The van der Waals surface area contributed by atoms with Crippen LogP contribution in [0, 0.1) is 13.8 Å². The van der Waals surface area contributed by atoms with E-state index in [1.807, 2.05) is 38.1 Å². The van der Waals surface area contributed by atoms with Gasteiger partial charge in [0.25, 0.3) is 5.91 Å². The Kier molecular flexibility index (Phi) is 4.22. The van der Waals surface area contributed by atoms with E-state index in [1.54, 1.807) is 10.7 Å². The lowest BCUT2D eigenvalue weighted by molar-refractivity contribution is 0.102. The minimum Gasteiger partial charge on any atom is -0.383 e. The van der Waals surface area contributed by atoms with Crippen molar-refractivity contribution in [3.05, 3.63) is 64.4 Å². The molecular formula is C17H16ClN5O. The molecule has 2 aromatic heterocycles. The molecule has 1 amide bonds. The van der Waals surface area contributed by atoms with E-state index in [4.69, 9.17) is 17.3 Å². The van der Waals surface area contributed by atoms with Crippen molar-refractivity contribution in [1.82, 2.24) is 14.8 Å². The first-order valence-electron chi connectivity index (χ1n) is 7.30. The van der Waals surface area contributed by atoms with E-state index in [9.17, 15) is 4.79 Å². The number of carbonyl (C=O) groups is 1. The number of carbonyl (C=O) groups excluding carboxylic acids is 1. The zero-order valence-electron chi connectivity index (χ0n) is 13.2. The predicted molar refractivity (Wildman–Crippen MR) is 94.7 cm³/mol. The topological polar surface area (TPSA) is 85.8 Å². The monoisotopic (exact) mass is 341 g/mol. The third kappa shape index (κ3) is 2.96. The highest BCUT2D eigenvalue weighted by molar-refractivity contribution is 6.30. The maximum atomic E-state index is 12.5. The molecule has 3 rings (SSSR count). The molecule has 0 saturated heterocycles. The van der Waals surface area contributed by atoms with Gasteiger partial charge in [-0.3, -0.25) is 4.79 Å². The van der Waals surface area contributed by atoms with Crippen LogP contribution in [0.25, 0.3) is 5.69 Å². The van der Waals surface area contributed by atoms with Crippen molar-refractivity contribution in [1.29, 1.82) is 0 Å². The number of hydrogen-bond acceptors (Lipinski definition) is 4. The second-order valence-electron chi connectivity index (χ2n) is 5.41. The van der Waals surface area contributed by atoms with Crippen LogP contribution in [-0.4, -0.2) is 20.7 Å². The molecule has 0 aliphatic carbocycles. The first-order chi connectivity index (χ1) is 11.5. The summed E-state index contributed by atoms with van der Waals surface area (Å²) in [4.78, 5) is 16.6. The largest absolute Gasteiger partial charge is 0.383 e. The van der Waals surface area contributed by atoms with E-state index < -0.39 is 0 Å². The maximum absolute atomic E-state index is 12.5. The number of nitrogen functional groups attached to an aromatic ring is 1. The Morgan fingerprint density at radius 3 is 2.67 bits per heavy atom. The van der Waals surface area contributed by atoms with Gasteiger partial charge in [-0.1, -0.05) is 29.8 Å². The number of aromatic nitrogens is 3. The number of halogens is 1. The number of anilines is 2. The molecule has 0 aliphatic heterocycles. The summed E-state index contributed by atoms with van der Waals surface area (Å²) in [7, 11) is 0. The molecule has 2 heterocycles. The Morgan fingerprint density at radius 2 is 1.96 bits per heavy atom. The van der Waals surface area contributed by atoms with Crippen LogP contribution in [0.3, 0.4) is 0 Å². The molecule has 0 saturated carbocycles. The first kappa shape index (κ1) is 16.0. The highest BCUT2D eigenvalue weighted by atomic mass is 35.5. The van der Waals surface area contributed by atoms with Gasteiger partial charge in [0, 0.05) is 6.20 Å². The molecule has 1 aromatic carbocycles. The Morgan fingerprint density at radius 1 is 1.21 bits per heavy atom. The van der Waals surface area contributed by atoms with Crippen LogP contribution >= 0.6 is 11.6 Å². The molecule has 0 bridgehead atoms.